The van der Waals surface area contributed by atoms with Crippen LogP contribution in [0.4, 0.5) is 10.1 Å². The van der Waals surface area contributed by atoms with Crippen LogP contribution in [-0.4, -0.2) is 6.04 Å². The summed E-state index contributed by atoms with van der Waals surface area (Å²) < 4.78 is 13.1. The molecule has 0 aliphatic heterocycles. The van der Waals surface area contributed by atoms with Crippen molar-refractivity contribution in [1.82, 2.24) is 0 Å². The molecule has 0 spiro atoms. The van der Waals surface area contributed by atoms with Crippen LogP contribution in [0.5, 0.6) is 0 Å². The lowest BCUT2D eigenvalue weighted by Crippen LogP contribution is -2.20. The zero-order valence-corrected chi connectivity index (χ0v) is 10.4. The molecule has 0 radical (unpaired) electrons. The third-order valence-electron chi connectivity index (χ3n) is 3.51. The summed E-state index contributed by atoms with van der Waals surface area (Å²) >= 11 is 0. The SMILES string of the molecule is N#Cc1cc(F)ccc1NC1Cc2ccccc2C1. The number of nitriles is 1. The van der Waals surface area contributed by atoms with E-state index in [-0.39, 0.29) is 11.9 Å². The molecule has 2 aromatic rings. The van der Waals surface area contributed by atoms with Crippen molar-refractivity contribution in [2.45, 2.75) is 18.9 Å². The highest BCUT2D eigenvalue weighted by Crippen LogP contribution is 2.26. The first-order chi connectivity index (χ1) is 9.26. The second kappa shape index (κ2) is 4.74. The Hall–Kier alpha value is -2.34. The minimum atomic E-state index is -0.378. The largest absolute Gasteiger partial charge is 0.381 e. The van der Waals surface area contributed by atoms with E-state index >= 15 is 0 Å². The Morgan fingerprint density at radius 3 is 2.42 bits per heavy atom. The van der Waals surface area contributed by atoms with Crippen molar-refractivity contribution in [3.63, 3.8) is 0 Å². The number of nitrogens with zero attached hydrogens (tertiary/aromatic N) is 1. The highest BCUT2D eigenvalue weighted by molar-refractivity contribution is 5.58. The van der Waals surface area contributed by atoms with Crippen LogP contribution in [0.15, 0.2) is 42.5 Å². The van der Waals surface area contributed by atoms with Gasteiger partial charge in [0.1, 0.15) is 11.9 Å². The number of benzene rings is 2. The first-order valence-electron chi connectivity index (χ1n) is 6.29. The van der Waals surface area contributed by atoms with E-state index in [1.54, 1.807) is 6.07 Å². The Balaban J connectivity index is 1.80. The smallest absolute Gasteiger partial charge is 0.124 e. The van der Waals surface area contributed by atoms with Crippen molar-refractivity contribution in [1.29, 1.82) is 5.26 Å². The van der Waals surface area contributed by atoms with Gasteiger partial charge in [-0.05, 0) is 42.2 Å². The summed E-state index contributed by atoms with van der Waals surface area (Å²) in [6.45, 7) is 0. The van der Waals surface area contributed by atoms with Crippen LogP contribution >= 0.6 is 0 Å². The van der Waals surface area contributed by atoms with Gasteiger partial charge in [-0.25, -0.2) is 4.39 Å². The van der Waals surface area contributed by atoms with Crippen LogP contribution in [0.3, 0.4) is 0 Å². The molecule has 1 aliphatic rings. The fourth-order valence-electron chi connectivity index (χ4n) is 2.62. The molecule has 0 unspecified atom stereocenters. The molecule has 0 fully saturated rings. The topological polar surface area (TPSA) is 35.8 Å². The molecule has 0 aromatic heterocycles. The number of hydrogen-bond acceptors (Lipinski definition) is 2. The van der Waals surface area contributed by atoms with Gasteiger partial charge in [0.25, 0.3) is 0 Å². The van der Waals surface area contributed by atoms with E-state index in [9.17, 15) is 4.39 Å². The number of nitrogens with one attached hydrogen (secondary N) is 1. The molecule has 0 heterocycles. The van der Waals surface area contributed by atoms with Crippen molar-refractivity contribution in [2.24, 2.45) is 0 Å². The minimum absolute atomic E-state index is 0.273. The van der Waals surface area contributed by atoms with Crippen molar-refractivity contribution in [2.75, 3.05) is 5.32 Å². The van der Waals surface area contributed by atoms with Gasteiger partial charge >= 0.3 is 0 Å². The zero-order valence-electron chi connectivity index (χ0n) is 10.4. The van der Waals surface area contributed by atoms with E-state index in [2.05, 4.69) is 17.4 Å². The molecule has 3 rings (SSSR count). The lowest BCUT2D eigenvalue weighted by molar-refractivity contribution is 0.627. The molecule has 94 valence electrons. The van der Waals surface area contributed by atoms with Crippen molar-refractivity contribution < 1.29 is 4.39 Å². The molecule has 0 atom stereocenters. The van der Waals surface area contributed by atoms with Gasteiger partial charge in [-0.1, -0.05) is 24.3 Å². The number of fused-ring (bicyclic) bond motifs is 1. The Morgan fingerprint density at radius 1 is 1.11 bits per heavy atom. The second-order valence-electron chi connectivity index (χ2n) is 4.82. The third kappa shape index (κ3) is 2.30. The molecule has 0 bridgehead atoms. The highest BCUT2D eigenvalue weighted by Gasteiger charge is 2.21. The molecule has 0 saturated heterocycles. The summed E-state index contributed by atoms with van der Waals surface area (Å²) in [6.07, 6.45) is 1.89. The Morgan fingerprint density at radius 2 is 1.79 bits per heavy atom. The van der Waals surface area contributed by atoms with Crippen LogP contribution in [0.2, 0.25) is 0 Å². The van der Waals surface area contributed by atoms with Crippen LogP contribution in [-0.2, 0) is 12.8 Å². The van der Waals surface area contributed by atoms with E-state index in [1.165, 1.54) is 23.3 Å². The summed E-state index contributed by atoms with van der Waals surface area (Å²) in [4.78, 5) is 0. The Kier molecular flexibility index (Phi) is 2.92. The average Bonchev–Trinajstić information content (AvgIpc) is 2.83. The molecule has 3 heteroatoms. The standard InChI is InChI=1S/C16H13FN2/c17-14-5-6-16(13(7-14)10-18)19-15-8-11-3-1-2-4-12(11)9-15/h1-7,15,19H,8-9H2. The average molecular weight is 252 g/mol. The van der Waals surface area contributed by atoms with E-state index < -0.39 is 0 Å². The first kappa shape index (κ1) is 11.7. The van der Waals surface area contributed by atoms with Gasteiger partial charge < -0.3 is 5.32 Å². The number of anilines is 1. The lowest BCUT2D eigenvalue weighted by Gasteiger charge is -2.14. The van der Waals surface area contributed by atoms with Crippen LogP contribution in [0.1, 0.15) is 16.7 Å². The number of halogens is 1. The molecule has 19 heavy (non-hydrogen) atoms. The van der Waals surface area contributed by atoms with Gasteiger partial charge in [-0.15, -0.1) is 0 Å². The monoisotopic (exact) mass is 252 g/mol. The van der Waals surface area contributed by atoms with Crippen molar-refractivity contribution in [3.8, 4) is 6.07 Å². The molecular weight excluding hydrogens is 239 g/mol. The number of rotatable bonds is 2. The molecule has 2 nitrogen and oxygen atoms in total. The lowest BCUT2D eigenvalue weighted by atomic mass is 10.1. The van der Waals surface area contributed by atoms with Crippen LogP contribution in [0.25, 0.3) is 0 Å². The normalized spacial score (nSPS) is 13.9. The van der Waals surface area contributed by atoms with E-state index in [4.69, 9.17) is 5.26 Å². The molecule has 0 saturated carbocycles. The maximum absolute atomic E-state index is 13.1. The molecular formula is C16H13FN2. The fourth-order valence-corrected chi connectivity index (χ4v) is 2.62. The van der Waals surface area contributed by atoms with Crippen LogP contribution < -0.4 is 5.32 Å². The van der Waals surface area contributed by atoms with E-state index in [0.29, 0.717) is 11.3 Å². The number of hydrogen-bond donors (Lipinski definition) is 1. The maximum Gasteiger partial charge on any atom is 0.124 e. The quantitative estimate of drug-likeness (QED) is 0.890. The third-order valence-corrected chi connectivity index (χ3v) is 3.51. The summed E-state index contributed by atoms with van der Waals surface area (Å²) in [5.41, 5.74) is 3.76. The molecule has 1 N–H and O–H groups in total. The summed E-state index contributed by atoms with van der Waals surface area (Å²) in [6, 6.07) is 14.9. The Labute approximate surface area is 111 Å². The molecule has 1 aliphatic carbocycles. The van der Waals surface area contributed by atoms with Gasteiger partial charge in [0.15, 0.2) is 0 Å². The van der Waals surface area contributed by atoms with Gasteiger partial charge in [0.05, 0.1) is 11.3 Å². The maximum atomic E-state index is 13.1. The first-order valence-corrected chi connectivity index (χ1v) is 6.29. The van der Waals surface area contributed by atoms with Gasteiger partial charge in [-0.2, -0.15) is 5.26 Å². The van der Waals surface area contributed by atoms with Gasteiger partial charge in [0, 0.05) is 6.04 Å². The minimum Gasteiger partial charge on any atom is -0.381 e. The zero-order chi connectivity index (χ0) is 13.2. The van der Waals surface area contributed by atoms with Gasteiger partial charge in [-0.3, -0.25) is 0 Å². The van der Waals surface area contributed by atoms with Crippen molar-refractivity contribution >= 4 is 5.69 Å². The van der Waals surface area contributed by atoms with Gasteiger partial charge in [0.2, 0.25) is 0 Å². The fraction of sp³-hybridized carbons (Fsp3) is 0.188. The molecule has 0 amide bonds. The predicted octanol–water partition coefficient (Wildman–Crippen LogP) is 3.28. The summed E-state index contributed by atoms with van der Waals surface area (Å²) in [5, 5.41) is 12.4. The van der Waals surface area contributed by atoms with E-state index in [1.807, 2.05) is 18.2 Å². The summed E-state index contributed by atoms with van der Waals surface area (Å²) in [7, 11) is 0. The summed E-state index contributed by atoms with van der Waals surface area (Å²) in [5.74, 6) is -0.378. The molecule has 2 aromatic carbocycles. The second-order valence-corrected chi connectivity index (χ2v) is 4.82. The van der Waals surface area contributed by atoms with Crippen molar-refractivity contribution in [3.05, 3.63) is 65.0 Å². The predicted molar refractivity (Wildman–Crippen MR) is 72.4 cm³/mol. The van der Waals surface area contributed by atoms with Crippen LogP contribution in [0, 0.1) is 17.1 Å². The van der Waals surface area contributed by atoms with E-state index in [0.717, 1.165) is 12.8 Å². The Bertz CT molecular complexity index is 633. The highest BCUT2D eigenvalue weighted by atomic mass is 19.1.